The van der Waals surface area contributed by atoms with Crippen LogP contribution in [0.25, 0.3) is 0 Å². The molecule has 0 saturated heterocycles. The van der Waals surface area contributed by atoms with Crippen LogP contribution < -0.4 is 10.4 Å². The van der Waals surface area contributed by atoms with E-state index in [1.807, 2.05) is 12.1 Å². The van der Waals surface area contributed by atoms with Crippen molar-refractivity contribution < 1.29 is 4.43 Å². The summed E-state index contributed by atoms with van der Waals surface area (Å²) in [5, 5.41) is 3.77. The van der Waals surface area contributed by atoms with E-state index in [1.165, 1.54) is 10.4 Å². The van der Waals surface area contributed by atoms with E-state index in [0.29, 0.717) is 11.9 Å². The average Bonchev–Trinajstić information content (AvgIpc) is 2.80. The molecule has 3 nitrogen and oxygen atoms in total. The predicted molar refractivity (Wildman–Crippen MR) is 139 cm³/mol. The molecule has 0 aliphatic rings. The van der Waals surface area contributed by atoms with Crippen LogP contribution in [0, 0.1) is 5.92 Å². The summed E-state index contributed by atoms with van der Waals surface area (Å²) in [6, 6.07) is 23.4. The standard InChI is InChI=1S/C27H34N2OSSi/c1-6-23(20-22(2)31-26-28-18-13-19-29-26)21-30-32(27(3,4)5,24-14-9-7-10-15-24)25-16-11-8-12-17-25/h6-19,22-23H,1,20-21H2,2-5H3/t22-,23-/m1/s1. The molecule has 2 aromatic carbocycles. The highest BCUT2D eigenvalue weighted by atomic mass is 32.2. The maximum Gasteiger partial charge on any atom is 0.261 e. The Morgan fingerprint density at radius 2 is 1.47 bits per heavy atom. The Morgan fingerprint density at radius 3 is 1.94 bits per heavy atom. The fraction of sp³-hybridized carbons (Fsp3) is 0.333. The van der Waals surface area contributed by atoms with Crippen LogP contribution in [0.15, 0.2) is 96.9 Å². The first-order chi connectivity index (χ1) is 15.4. The third-order valence-corrected chi connectivity index (χ3v) is 11.8. The summed E-state index contributed by atoms with van der Waals surface area (Å²) in [6.45, 7) is 13.9. The average molecular weight is 463 g/mol. The highest BCUT2D eigenvalue weighted by Gasteiger charge is 2.50. The van der Waals surface area contributed by atoms with Crippen molar-refractivity contribution in [2.75, 3.05) is 6.61 Å². The van der Waals surface area contributed by atoms with Gasteiger partial charge in [0.25, 0.3) is 8.32 Å². The molecular weight excluding hydrogens is 428 g/mol. The van der Waals surface area contributed by atoms with E-state index in [9.17, 15) is 0 Å². The van der Waals surface area contributed by atoms with Crippen LogP contribution in [0.3, 0.4) is 0 Å². The number of aromatic nitrogens is 2. The molecule has 3 aromatic rings. The molecule has 0 bridgehead atoms. The molecule has 0 aliphatic carbocycles. The summed E-state index contributed by atoms with van der Waals surface area (Å²) in [4.78, 5) is 8.70. The highest BCUT2D eigenvalue weighted by Crippen LogP contribution is 2.37. The lowest BCUT2D eigenvalue weighted by atomic mass is 10.1. The second-order valence-corrected chi connectivity index (χ2v) is 14.9. The molecule has 0 unspecified atom stereocenters. The molecule has 5 heteroatoms. The molecule has 168 valence electrons. The summed E-state index contributed by atoms with van der Waals surface area (Å²) in [5.41, 5.74) is 0. The van der Waals surface area contributed by atoms with Crippen LogP contribution in [0.1, 0.15) is 34.1 Å². The summed E-state index contributed by atoms with van der Waals surface area (Å²) in [7, 11) is -2.53. The monoisotopic (exact) mass is 462 g/mol. The molecular formula is C27H34N2OSSi. The molecule has 0 radical (unpaired) electrons. The molecule has 0 aliphatic heterocycles. The molecule has 1 heterocycles. The van der Waals surface area contributed by atoms with Crippen LogP contribution in [0.5, 0.6) is 0 Å². The van der Waals surface area contributed by atoms with Gasteiger partial charge >= 0.3 is 0 Å². The predicted octanol–water partition coefficient (Wildman–Crippen LogP) is 5.73. The van der Waals surface area contributed by atoms with E-state index < -0.39 is 8.32 Å². The highest BCUT2D eigenvalue weighted by molar-refractivity contribution is 7.99. The first-order valence-corrected chi connectivity index (χ1v) is 14.0. The van der Waals surface area contributed by atoms with Crippen LogP contribution in [0.4, 0.5) is 0 Å². The minimum Gasteiger partial charge on any atom is -0.407 e. The van der Waals surface area contributed by atoms with Crippen molar-refractivity contribution in [3.8, 4) is 0 Å². The van der Waals surface area contributed by atoms with Crippen molar-refractivity contribution in [1.29, 1.82) is 0 Å². The van der Waals surface area contributed by atoms with Gasteiger partial charge in [0, 0.05) is 24.3 Å². The van der Waals surface area contributed by atoms with E-state index in [4.69, 9.17) is 4.43 Å². The van der Waals surface area contributed by atoms with Gasteiger partial charge in [0.05, 0.1) is 0 Å². The Kier molecular flexibility index (Phi) is 8.46. The lowest BCUT2D eigenvalue weighted by molar-refractivity contribution is 0.253. The largest absolute Gasteiger partial charge is 0.407 e. The first-order valence-electron chi connectivity index (χ1n) is 11.2. The van der Waals surface area contributed by atoms with Gasteiger partial charge in [0.1, 0.15) is 0 Å². The second kappa shape index (κ2) is 11.1. The third-order valence-electron chi connectivity index (χ3n) is 5.75. The fourth-order valence-electron chi connectivity index (χ4n) is 4.23. The van der Waals surface area contributed by atoms with Gasteiger partial charge in [-0.25, -0.2) is 9.97 Å². The van der Waals surface area contributed by atoms with Crippen molar-refractivity contribution in [3.63, 3.8) is 0 Å². The minimum absolute atomic E-state index is 0.0281. The van der Waals surface area contributed by atoms with Crippen LogP contribution in [0.2, 0.25) is 5.04 Å². The molecule has 32 heavy (non-hydrogen) atoms. The number of rotatable bonds is 10. The molecule has 0 N–H and O–H groups in total. The topological polar surface area (TPSA) is 35.0 Å². The summed E-state index contributed by atoms with van der Waals surface area (Å²) in [6.07, 6.45) is 6.59. The summed E-state index contributed by atoms with van der Waals surface area (Å²) >= 11 is 1.70. The van der Waals surface area contributed by atoms with E-state index in [1.54, 1.807) is 24.2 Å². The molecule has 0 saturated carbocycles. The van der Waals surface area contributed by atoms with Gasteiger partial charge in [-0.3, -0.25) is 0 Å². The Hall–Kier alpha value is -2.21. The van der Waals surface area contributed by atoms with Crippen LogP contribution in [-0.2, 0) is 4.43 Å². The Morgan fingerprint density at radius 1 is 0.938 bits per heavy atom. The molecule has 0 spiro atoms. The van der Waals surface area contributed by atoms with Crippen LogP contribution in [-0.4, -0.2) is 30.1 Å². The van der Waals surface area contributed by atoms with Gasteiger partial charge in [-0.15, -0.1) is 6.58 Å². The molecule has 0 amide bonds. The van der Waals surface area contributed by atoms with Crippen molar-refractivity contribution in [3.05, 3.63) is 91.8 Å². The Balaban J connectivity index is 1.85. The van der Waals surface area contributed by atoms with Crippen molar-refractivity contribution in [2.45, 2.75) is 49.6 Å². The normalized spacial score (nSPS) is 14.0. The zero-order chi connectivity index (χ0) is 23.0. The van der Waals surface area contributed by atoms with E-state index in [-0.39, 0.29) is 11.0 Å². The summed E-state index contributed by atoms with van der Waals surface area (Å²) < 4.78 is 7.10. The lowest BCUT2D eigenvalue weighted by Crippen LogP contribution is -2.66. The van der Waals surface area contributed by atoms with Crippen LogP contribution >= 0.6 is 11.8 Å². The number of hydrogen-bond acceptors (Lipinski definition) is 4. The van der Waals surface area contributed by atoms with Gasteiger partial charge in [-0.05, 0) is 33.8 Å². The maximum atomic E-state index is 7.10. The smallest absolute Gasteiger partial charge is 0.261 e. The molecule has 1 aromatic heterocycles. The zero-order valence-corrected chi connectivity index (χ0v) is 21.4. The van der Waals surface area contributed by atoms with Gasteiger partial charge < -0.3 is 4.43 Å². The van der Waals surface area contributed by atoms with Crippen molar-refractivity contribution in [2.24, 2.45) is 5.92 Å². The Bertz CT molecular complexity index is 922. The second-order valence-electron chi connectivity index (χ2n) is 9.17. The number of thioether (sulfide) groups is 1. The molecule has 0 fully saturated rings. The van der Waals surface area contributed by atoms with Gasteiger partial charge in [-0.1, -0.05) is 106 Å². The Labute approximate surface area is 198 Å². The maximum absolute atomic E-state index is 7.10. The molecule has 2 atom stereocenters. The van der Waals surface area contributed by atoms with Gasteiger partial charge in [0.2, 0.25) is 0 Å². The summed E-state index contributed by atoms with van der Waals surface area (Å²) in [5.74, 6) is 0.253. The number of hydrogen-bond donors (Lipinski definition) is 0. The quantitative estimate of drug-likeness (QED) is 0.167. The SMILES string of the molecule is C=C[C@@H](CO[Si](c1ccccc1)(c1ccccc1)C(C)(C)C)C[C@@H](C)Sc1ncccn1. The zero-order valence-electron chi connectivity index (χ0n) is 19.6. The van der Waals surface area contributed by atoms with E-state index in [2.05, 4.69) is 105 Å². The first kappa shape index (κ1) is 24.4. The fourth-order valence-corrected chi connectivity index (χ4v) is 9.79. The van der Waals surface area contributed by atoms with Crippen molar-refractivity contribution in [1.82, 2.24) is 9.97 Å². The van der Waals surface area contributed by atoms with E-state index in [0.717, 1.165) is 11.6 Å². The molecule has 3 rings (SSSR count). The van der Waals surface area contributed by atoms with E-state index >= 15 is 0 Å². The minimum atomic E-state index is -2.53. The third kappa shape index (κ3) is 5.77. The lowest BCUT2D eigenvalue weighted by Gasteiger charge is -2.43. The van der Waals surface area contributed by atoms with Crippen molar-refractivity contribution >= 4 is 30.5 Å². The number of nitrogens with zero attached hydrogens (tertiary/aromatic N) is 2. The van der Waals surface area contributed by atoms with Gasteiger partial charge in [0.15, 0.2) is 5.16 Å². The number of benzene rings is 2. The van der Waals surface area contributed by atoms with Gasteiger partial charge in [-0.2, -0.15) is 0 Å².